The largest absolute Gasteiger partial charge is 0.330 e. The van der Waals surface area contributed by atoms with Gasteiger partial charge in [-0.1, -0.05) is 29.3 Å². The van der Waals surface area contributed by atoms with Gasteiger partial charge in [0.2, 0.25) is 0 Å². The zero-order valence-electron chi connectivity index (χ0n) is 8.52. The first-order valence-electron chi connectivity index (χ1n) is 5.10. The Morgan fingerprint density at radius 2 is 2.14 bits per heavy atom. The fourth-order valence-electron chi connectivity index (χ4n) is 1.87. The molecule has 1 nitrogen and oxygen atoms in total. The van der Waals surface area contributed by atoms with Crippen LogP contribution in [0, 0.1) is 12.3 Å². The quantitative estimate of drug-likeness (QED) is 0.814. The lowest BCUT2D eigenvalue weighted by Gasteiger charge is -2.13. The summed E-state index contributed by atoms with van der Waals surface area (Å²) in [6.07, 6.45) is 3.56. The Kier molecular flexibility index (Phi) is 2.54. The van der Waals surface area contributed by atoms with E-state index in [-0.39, 0.29) is 0 Å². The highest BCUT2D eigenvalue weighted by molar-refractivity contribution is 6.31. The number of hydrogen-bond donors (Lipinski definition) is 1. The van der Waals surface area contributed by atoms with Crippen molar-refractivity contribution in [2.75, 3.05) is 6.54 Å². The molecule has 0 radical (unpaired) electrons. The van der Waals surface area contributed by atoms with Gasteiger partial charge in [-0.05, 0) is 49.8 Å². The lowest BCUT2D eigenvalue weighted by molar-refractivity contribution is 0.521. The van der Waals surface area contributed by atoms with Gasteiger partial charge in [0, 0.05) is 5.02 Å². The maximum absolute atomic E-state index is 6.15. The number of rotatable bonds is 3. The summed E-state index contributed by atoms with van der Waals surface area (Å²) in [5.74, 6) is 0. The monoisotopic (exact) mass is 209 g/mol. The molecule has 1 aliphatic carbocycles. The predicted molar refractivity (Wildman–Crippen MR) is 60.6 cm³/mol. The zero-order chi connectivity index (χ0) is 10.2. The number of aryl methyl sites for hydroxylation is 1. The van der Waals surface area contributed by atoms with Gasteiger partial charge in [-0.15, -0.1) is 0 Å². The van der Waals surface area contributed by atoms with Gasteiger partial charge in [-0.2, -0.15) is 0 Å². The predicted octanol–water partition coefficient (Wildman–Crippen LogP) is 2.93. The first kappa shape index (κ1) is 10.0. The number of hydrogen-bond acceptors (Lipinski definition) is 1. The van der Waals surface area contributed by atoms with Crippen molar-refractivity contribution in [2.45, 2.75) is 26.2 Å². The summed E-state index contributed by atoms with van der Waals surface area (Å²) < 4.78 is 0. The van der Waals surface area contributed by atoms with E-state index in [9.17, 15) is 0 Å². The molecule has 14 heavy (non-hydrogen) atoms. The van der Waals surface area contributed by atoms with Crippen LogP contribution in [0.5, 0.6) is 0 Å². The van der Waals surface area contributed by atoms with Gasteiger partial charge in [0.25, 0.3) is 0 Å². The van der Waals surface area contributed by atoms with Crippen LogP contribution in [0.1, 0.15) is 24.0 Å². The van der Waals surface area contributed by atoms with Crippen LogP contribution >= 0.6 is 11.6 Å². The lowest BCUT2D eigenvalue weighted by Crippen LogP contribution is -2.18. The van der Waals surface area contributed by atoms with Crippen molar-refractivity contribution in [3.63, 3.8) is 0 Å². The van der Waals surface area contributed by atoms with E-state index in [0.29, 0.717) is 5.41 Å². The average molecular weight is 210 g/mol. The first-order valence-corrected chi connectivity index (χ1v) is 5.48. The highest BCUT2D eigenvalue weighted by Gasteiger charge is 2.41. The zero-order valence-corrected chi connectivity index (χ0v) is 9.27. The van der Waals surface area contributed by atoms with Gasteiger partial charge < -0.3 is 5.73 Å². The highest BCUT2D eigenvalue weighted by atomic mass is 35.5. The Labute approximate surface area is 90.3 Å². The third-order valence-corrected chi connectivity index (χ3v) is 3.53. The number of nitrogens with two attached hydrogens (primary N) is 1. The molecule has 0 saturated heterocycles. The molecule has 1 aromatic carbocycles. The second-order valence-corrected chi connectivity index (χ2v) is 4.88. The van der Waals surface area contributed by atoms with E-state index in [1.807, 2.05) is 12.1 Å². The summed E-state index contributed by atoms with van der Waals surface area (Å²) in [7, 11) is 0. The van der Waals surface area contributed by atoms with E-state index in [2.05, 4.69) is 13.0 Å². The van der Waals surface area contributed by atoms with Gasteiger partial charge in [0.05, 0.1) is 0 Å². The Morgan fingerprint density at radius 3 is 2.71 bits per heavy atom. The Morgan fingerprint density at radius 1 is 1.43 bits per heavy atom. The molecular formula is C12H16ClN. The second kappa shape index (κ2) is 3.56. The highest BCUT2D eigenvalue weighted by Crippen LogP contribution is 2.48. The van der Waals surface area contributed by atoms with Crippen LogP contribution in [0.4, 0.5) is 0 Å². The minimum absolute atomic E-state index is 0.372. The molecule has 0 unspecified atom stereocenters. The summed E-state index contributed by atoms with van der Waals surface area (Å²) in [5, 5.41) is 0.885. The van der Waals surface area contributed by atoms with E-state index >= 15 is 0 Å². The van der Waals surface area contributed by atoms with Crippen molar-refractivity contribution >= 4 is 11.6 Å². The minimum Gasteiger partial charge on any atom is -0.330 e. The molecule has 0 atom stereocenters. The van der Waals surface area contributed by atoms with Crippen LogP contribution in [-0.4, -0.2) is 6.54 Å². The maximum atomic E-state index is 6.15. The molecule has 2 rings (SSSR count). The summed E-state index contributed by atoms with van der Waals surface area (Å²) in [6, 6.07) is 6.21. The fraction of sp³-hybridized carbons (Fsp3) is 0.500. The Bertz CT molecular complexity index is 342. The minimum atomic E-state index is 0.372. The molecule has 1 aromatic rings. The standard InChI is InChI=1S/C12H16ClN/c1-9-2-3-11(13)10(6-9)7-12(8-14)4-5-12/h2-3,6H,4-5,7-8,14H2,1H3. The molecule has 1 aliphatic rings. The SMILES string of the molecule is Cc1ccc(Cl)c(CC2(CN)CC2)c1. The van der Waals surface area contributed by atoms with Crippen molar-refractivity contribution in [2.24, 2.45) is 11.1 Å². The molecular weight excluding hydrogens is 194 g/mol. The summed E-state index contributed by atoms with van der Waals surface area (Å²) in [6.45, 7) is 2.89. The van der Waals surface area contributed by atoms with Crippen LogP contribution in [0.3, 0.4) is 0 Å². The van der Waals surface area contributed by atoms with Crippen molar-refractivity contribution in [3.05, 3.63) is 34.3 Å². The van der Waals surface area contributed by atoms with E-state index in [0.717, 1.165) is 18.0 Å². The van der Waals surface area contributed by atoms with Gasteiger partial charge in [0.1, 0.15) is 0 Å². The second-order valence-electron chi connectivity index (χ2n) is 4.48. The van der Waals surface area contributed by atoms with E-state index in [1.165, 1.54) is 24.0 Å². The Balaban J connectivity index is 2.20. The van der Waals surface area contributed by atoms with Gasteiger partial charge in [-0.3, -0.25) is 0 Å². The van der Waals surface area contributed by atoms with Gasteiger partial charge >= 0.3 is 0 Å². The molecule has 1 fully saturated rings. The summed E-state index contributed by atoms with van der Waals surface area (Å²) in [5.41, 5.74) is 8.67. The molecule has 0 bridgehead atoms. The van der Waals surface area contributed by atoms with E-state index < -0.39 is 0 Å². The van der Waals surface area contributed by atoms with Crippen LogP contribution < -0.4 is 5.73 Å². The normalized spacial score (nSPS) is 18.2. The van der Waals surface area contributed by atoms with Gasteiger partial charge in [0.15, 0.2) is 0 Å². The molecule has 0 spiro atoms. The molecule has 0 aliphatic heterocycles. The van der Waals surface area contributed by atoms with Crippen LogP contribution in [0.25, 0.3) is 0 Å². The maximum Gasteiger partial charge on any atom is 0.0438 e. The van der Waals surface area contributed by atoms with Crippen molar-refractivity contribution in [1.29, 1.82) is 0 Å². The molecule has 1 saturated carbocycles. The summed E-state index contributed by atoms with van der Waals surface area (Å²) in [4.78, 5) is 0. The Hall–Kier alpha value is -0.530. The number of halogens is 1. The van der Waals surface area contributed by atoms with Crippen LogP contribution in [-0.2, 0) is 6.42 Å². The molecule has 0 amide bonds. The molecule has 0 aromatic heterocycles. The third kappa shape index (κ3) is 1.94. The van der Waals surface area contributed by atoms with E-state index in [1.54, 1.807) is 0 Å². The fourth-order valence-corrected chi connectivity index (χ4v) is 2.06. The lowest BCUT2D eigenvalue weighted by atomic mass is 9.96. The molecule has 2 heteroatoms. The van der Waals surface area contributed by atoms with E-state index in [4.69, 9.17) is 17.3 Å². The van der Waals surface area contributed by atoms with Crippen LogP contribution in [0.2, 0.25) is 5.02 Å². The average Bonchev–Trinajstić information content (AvgIpc) is 2.92. The van der Waals surface area contributed by atoms with Crippen molar-refractivity contribution < 1.29 is 0 Å². The van der Waals surface area contributed by atoms with Crippen molar-refractivity contribution in [1.82, 2.24) is 0 Å². The molecule has 2 N–H and O–H groups in total. The molecule has 0 heterocycles. The number of benzene rings is 1. The van der Waals surface area contributed by atoms with Crippen LogP contribution in [0.15, 0.2) is 18.2 Å². The smallest absolute Gasteiger partial charge is 0.0438 e. The molecule has 76 valence electrons. The third-order valence-electron chi connectivity index (χ3n) is 3.16. The summed E-state index contributed by atoms with van der Waals surface area (Å²) >= 11 is 6.15. The van der Waals surface area contributed by atoms with Crippen molar-refractivity contribution in [3.8, 4) is 0 Å². The first-order chi connectivity index (χ1) is 6.65. The topological polar surface area (TPSA) is 26.0 Å². The van der Waals surface area contributed by atoms with Gasteiger partial charge in [-0.25, -0.2) is 0 Å².